The van der Waals surface area contributed by atoms with Crippen molar-refractivity contribution in [3.05, 3.63) is 29.3 Å². The molecule has 2 rings (SSSR count). The summed E-state index contributed by atoms with van der Waals surface area (Å²) >= 11 is 1.61. The number of hydrogen-bond acceptors (Lipinski definition) is 3. The first-order valence-electron chi connectivity index (χ1n) is 10.1. The Balaban J connectivity index is 1.61. The average Bonchev–Trinajstić information content (AvgIpc) is 2.62. The van der Waals surface area contributed by atoms with Crippen LogP contribution in [0.3, 0.4) is 0 Å². The van der Waals surface area contributed by atoms with Crippen molar-refractivity contribution < 1.29 is 9.59 Å². The zero-order chi connectivity index (χ0) is 19.8. The number of hydrogen-bond donors (Lipinski definition) is 2. The highest BCUT2D eigenvalue weighted by Gasteiger charge is 2.27. The van der Waals surface area contributed by atoms with Crippen LogP contribution in [-0.4, -0.2) is 29.4 Å². The molecule has 0 bridgehead atoms. The molecule has 0 spiro atoms. The van der Waals surface area contributed by atoms with Crippen LogP contribution in [0.25, 0.3) is 0 Å². The molecule has 1 aliphatic carbocycles. The topological polar surface area (TPSA) is 58.2 Å². The minimum absolute atomic E-state index is 0.0440. The van der Waals surface area contributed by atoms with Crippen molar-refractivity contribution in [2.24, 2.45) is 11.8 Å². The molecule has 0 heterocycles. The lowest BCUT2D eigenvalue weighted by Crippen LogP contribution is -2.44. The lowest BCUT2D eigenvalue weighted by molar-refractivity contribution is -0.120. The molecule has 0 aliphatic heterocycles. The van der Waals surface area contributed by atoms with Crippen LogP contribution < -0.4 is 10.6 Å². The van der Waals surface area contributed by atoms with Crippen molar-refractivity contribution in [1.82, 2.24) is 5.32 Å². The summed E-state index contributed by atoms with van der Waals surface area (Å²) in [6.45, 7) is 8.54. The molecule has 4 nitrogen and oxygen atoms in total. The van der Waals surface area contributed by atoms with E-state index in [9.17, 15) is 9.59 Å². The fourth-order valence-electron chi connectivity index (χ4n) is 3.75. The summed E-state index contributed by atoms with van der Waals surface area (Å²) in [7, 11) is 0. The summed E-state index contributed by atoms with van der Waals surface area (Å²) in [4.78, 5) is 24.3. The molecular formula is C22H34N2O2S. The molecule has 2 amide bonds. The first kappa shape index (κ1) is 21.8. The van der Waals surface area contributed by atoms with Crippen molar-refractivity contribution in [2.45, 2.75) is 65.8 Å². The van der Waals surface area contributed by atoms with Gasteiger partial charge in [-0.2, -0.15) is 11.8 Å². The number of rotatable bonds is 8. The second kappa shape index (κ2) is 10.7. The van der Waals surface area contributed by atoms with Gasteiger partial charge in [-0.05, 0) is 55.4 Å². The zero-order valence-corrected chi connectivity index (χ0v) is 18.0. The molecule has 5 heteroatoms. The second-order valence-corrected chi connectivity index (χ2v) is 9.02. The Morgan fingerprint density at radius 3 is 2.52 bits per heavy atom. The van der Waals surface area contributed by atoms with Crippen molar-refractivity contribution in [3.8, 4) is 0 Å². The van der Waals surface area contributed by atoms with Gasteiger partial charge in [0.15, 0.2) is 0 Å². The van der Waals surface area contributed by atoms with Crippen LogP contribution in [0.5, 0.6) is 0 Å². The average molecular weight is 391 g/mol. The van der Waals surface area contributed by atoms with Crippen molar-refractivity contribution in [1.29, 1.82) is 0 Å². The molecule has 2 N–H and O–H groups in total. The lowest BCUT2D eigenvalue weighted by Gasteiger charge is -2.34. The zero-order valence-electron chi connectivity index (χ0n) is 17.1. The van der Waals surface area contributed by atoms with Gasteiger partial charge in [-0.1, -0.05) is 44.9 Å². The van der Waals surface area contributed by atoms with Crippen LogP contribution in [-0.2, 0) is 9.59 Å². The van der Waals surface area contributed by atoms with Gasteiger partial charge in [-0.25, -0.2) is 0 Å². The summed E-state index contributed by atoms with van der Waals surface area (Å²) in [6, 6.07) is 6.33. The number of carbonyl (C=O) groups excluding carboxylic acids is 2. The SMILES string of the molecule is Cc1cccc(C)c1NC(=O)CCCSCC(=O)NC1CCCC(C)C1C. The number of thioether (sulfide) groups is 1. The molecule has 1 fully saturated rings. The van der Waals surface area contributed by atoms with Crippen LogP contribution in [0, 0.1) is 25.7 Å². The Hall–Kier alpha value is -1.49. The molecular weight excluding hydrogens is 356 g/mol. The van der Waals surface area contributed by atoms with Crippen LogP contribution in [0.1, 0.15) is 57.1 Å². The molecule has 3 atom stereocenters. The molecule has 0 aromatic heterocycles. The molecule has 1 aromatic carbocycles. The standard InChI is InChI=1S/C22H34N2O2S/c1-15-8-6-11-19(18(15)4)23-21(26)14-27-13-7-12-20(25)24-22-16(2)9-5-10-17(22)3/h5,9-10,15,18-19H,6-8,11-14H2,1-4H3,(H,23,26)(H,24,25). The minimum Gasteiger partial charge on any atom is -0.352 e. The third-order valence-electron chi connectivity index (χ3n) is 5.72. The Bertz CT molecular complexity index is 627. The van der Waals surface area contributed by atoms with Crippen LogP contribution in [0.2, 0.25) is 0 Å². The molecule has 3 unspecified atom stereocenters. The van der Waals surface area contributed by atoms with E-state index in [0.29, 0.717) is 30.1 Å². The van der Waals surface area contributed by atoms with Gasteiger partial charge >= 0.3 is 0 Å². The van der Waals surface area contributed by atoms with Gasteiger partial charge in [0.25, 0.3) is 0 Å². The van der Waals surface area contributed by atoms with Crippen molar-refractivity contribution in [2.75, 3.05) is 16.8 Å². The van der Waals surface area contributed by atoms with E-state index in [1.54, 1.807) is 11.8 Å². The van der Waals surface area contributed by atoms with E-state index in [-0.39, 0.29) is 11.8 Å². The van der Waals surface area contributed by atoms with Gasteiger partial charge in [0.05, 0.1) is 5.75 Å². The highest BCUT2D eigenvalue weighted by molar-refractivity contribution is 7.99. The predicted octanol–water partition coefficient (Wildman–Crippen LogP) is 4.70. The summed E-state index contributed by atoms with van der Waals surface area (Å²) < 4.78 is 0. The van der Waals surface area contributed by atoms with Gasteiger partial charge < -0.3 is 10.6 Å². The normalized spacial score (nSPS) is 22.3. The van der Waals surface area contributed by atoms with E-state index >= 15 is 0 Å². The molecule has 1 aliphatic rings. The number of para-hydroxylation sites is 1. The van der Waals surface area contributed by atoms with Crippen molar-refractivity contribution >= 4 is 29.3 Å². The number of aryl methyl sites for hydroxylation is 2. The Labute approximate surface area is 168 Å². The number of benzene rings is 1. The van der Waals surface area contributed by atoms with E-state index in [1.165, 1.54) is 12.8 Å². The molecule has 150 valence electrons. The van der Waals surface area contributed by atoms with Crippen molar-refractivity contribution in [3.63, 3.8) is 0 Å². The molecule has 1 aromatic rings. The monoisotopic (exact) mass is 390 g/mol. The summed E-state index contributed by atoms with van der Waals surface area (Å²) in [6.07, 6.45) is 4.84. The summed E-state index contributed by atoms with van der Waals surface area (Å²) in [5.74, 6) is 2.72. The quantitative estimate of drug-likeness (QED) is 0.633. The van der Waals surface area contributed by atoms with Gasteiger partial charge in [0.2, 0.25) is 11.8 Å². The summed E-state index contributed by atoms with van der Waals surface area (Å²) in [5, 5.41) is 6.22. The van der Waals surface area contributed by atoms with Crippen LogP contribution in [0.15, 0.2) is 18.2 Å². The fraction of sp³-hybridized carbons (Fsp3) is 0.636. The fourth-order valence-corrected chi connectivity index (χ4v) is 4.51. The maximum Gasteiger partial charge on any atom is 0.230 e. The highest BCUT2D eigenvalue weighted by atomic mass is 32.2. The number of carbonyl (C=O) groups is 2. The molecule has 0 radical (unpaired) electrons. The minimum atomic E-state index is 0.0440. The third kappa shape index (κ3) is 6.87. The van der Waals surface area contributed by atoms with Gasteiger partial charge in [-0.3, -0.25) is 9.59 Å². The predicted molar refractivity (Wildman–Crippen MR) is 115 cm³/mol. The molecule has 0 saturated heterocycles. The van der Waals surface area contributed by atoms with E-state index < -0.39 is 0 Å². The summed E-state index contributed by atoms with van der Waals surface area (Å²) in [5.41, 5.74) is 3.09. The van der Waals surface area contributed by atoms with Crippen LogP contribution >= 0.6 is 11.8 Å². The van der Waals surface area contributed by atoms with E-state index in [2.05, 4.69) is 24.5 Å². The van der Waals surface area contributed by atoms with E-state index in [1.807, 2.05) is 32.0 Å². The number of amides is 2. The van der Waals surface area contributed by atoms with E-state index in [0.717, 1.165) is 35.4 Å². The third-order valence-corrected chi connectivity index (χ3v) is 6.77. The largest absolute Gasteiger partial charge is 0.352 e. The van der Waals surface area contributed by atoms with Gasteiger partial charge in [-0.15, -0.1) is 0 Å². The van der Waals surface area contributed by atoms with Crippen LogP contribution in [0.4, 0.5) is 5.69 Å². The second-order valence-electron chi connectivity index (χ2n) is 7.91. The Morgan fingerprint density at radius 2 is 1.81 bits per heavy atom. The number of anilines is 1. The van der Waals surface area contributed by atoms with Gasteiger partial charge in [0.1, 0.15) is 0 Å². The first-order chi connectivity index (χ1) is 12.9. The Kier molecular flexibility index (Phi) is 8.68. The highest BCUT2D eigenvalue weighted by Crippen LogP contribution is 2.29. The lowest BCUT2D eigenvalue weighted by atomic mass is 9.78. The molecule has 27 heavy (non-hydrogen) atoms. The van der Waals surface area contributed by atoms with E-state index in [4.69, 9.17) is 0 Å². The maximum absolute atomic E-state index is 12.2. The first-order valence-corrected chi connectivity index (χ1v) is 11.3. The smallest absolute Gasteiger partial charge is 0.230 e. The van der Waals surface area contributed by atoms with Gasteiger partial charge in [0, 0.05) is 18.2 Å². The maximum atomic E-state index is 12.2. The Morgan fingerprint density at radius 1 is 1.11 bits per heavy atom. The molecule has 1 saturated carbocycles. The number of nitrogens with one attached hydrogen (secondary N) is 2.